The van der Waals surface area contributed by atoms with Crippen molar-refractivity contribution in [3.8, 4) is 11.8 Å². The summed E-state index contributed by atoms with van der Waals surface area (Å²) in [5, 5.41) is 11.7. The van der Waals surface area contributed by atoms with Gasteiger partial charge in [0.25, 0.3) is 5.91 Å². The van der Waals surface area contributed by atoms with E-state index in [9.17, 15) is 28.1 Å². The number of carbonyl (C=O) groups excluding carboxylic acids is 3. The predicted octanol–water partition coefficient (Wildman–Crippen LogP) is 4.11. The van der Waals surface area contributed by atoms with Gasteiger partial charge in [0, 0.05) is 33.0 Å². The van der Waals surface area contributed by atoms with Gasteiger partial charge in [-0.05, 0) is 63.6 Å². The Morgan fingerprint density at radius 2 is 1.84 bits per heavy atom. The molecule has 12 nitrogen and oxygen atoms in total. The average Bonchev–Trinajstić information content (AvgIpc) is 2.98. The van der Waals surface area contributed by atoms with Gasteiger partial charge in [0.2, 0.25) is 10.0 Å². The molecular formula is C32H40N4O8S. The fourth-order valence-corrected chi connectivity index (χ4v) is 5.84. The second-order valence-corrected chi connectivity index (χ2v) is 13.2. The van der Waals surface area contributed by atoms with Crippen molar-refractivity contribution in [1.82, 2.24) is 10.2 Å². The highest BCUT2D eigenvalue weighted by atomic mass is 32.2. The van der Waals surface area contributed by atoms with Crippen LogP contribution in [0.4, 0.5) is 10.5 Å². The Hall–Kier alpha value is -4.57. The van der Waals surface area contributed by atoms with Gasteiger partial charge in [-0.2, -0.15) is 5.26 Å². The Morgan fingerprint density at radius 3 is 2.47 bits per heavy atom. The number of rotatable bonds is 11. The third-order valence-electron chi connectivity index (χ3n) is 6.65. The monoisotopic (exact) mass is 640 g/mol. The number of likely N-dealkylation sites (tertiary alicyclic amines) is 1. The van der Waals surface area contributed by atoms with Crippen LogP contribution >= 0.6 is 0 Å². The lowest BCUT2D eigenvalue weighted by molar-refractivity contribution is -0.139. The number of carbonyl (C=O) groups is 3. The summed E-state index contributed by atoms with van der Waals surface area (Å²) in [5.74, 6) is -2.05. The van der Waals surface area contributed by atoms with Gasteiger partial charge in [-0.15, -0.1) is 0 Å². The molecule has 0 radical (unpaired) electrons. The van der Waals surface area contributed by atoms with Gasteiger partial charge >= 0.3 is 12.1 Å². The van der Waals surface area contributed by atoms with Crippen LogP contribution in [0.25, 0.3) is 6.08 Å². The summed E-state index contributed by atoms with van der Waals surface area (Å²) < 4.78 is 44.5. The van der Waals surface area contributed by atoms with E-state index >= 15 is 0 Å². The number of piperidine rings is 1. The van der Waals surface area contributed by atoms with Crippen molar-refractivity contribution in [2.75, 3.05) is 43.3 Å². The number of ether oxygens (including phenoxy) is 3. The highest BCUT2D eigenvalue weighted by molar-refractivity contribution is 7.93. The number of nitrogens with one attached hydrogen (secondary N) is 1. The zero-order valence-electron chi connectivity index (χ0n) is 26.2. The van der Waals surface area contributed by atoms with Gasteiger partial charge in [0.1, 0.15) is 17.5 Å². The van der Waals surface area contributed by atoms with E-state index in [1.807, 2.05) is 0 Å². The van der Waals surface area contributed by atoms with E-state index in [2.05, 4.69) is 11.4 Å². The van der Waals surface area contributed by atoms with Gasteiger partial charge < -0.3 is 24.4 Å². The molecule has 1 heterocycles. The molecule has 0 spiro atoms. The molecule has 1 aliphatic rings. The fraction of sp³-hybridized carbons (Fsp3) is 0.438. The van der Waals surface area contributed by atoms with E-state index in [1.54, 1.807) is 69.0 Å². The minimum atomic E-state index is -4.25. The number of hydrogen-bond acceptors (Lipinski definition) is 9. The molecule has 242 valence electrons. The standard InChI is InChI=1S/C32H40N4O8S/c1-6-42-29(37)22-45(40,41)36(16-8-11-23-9-7-10-24(19-23)21-33)25-12-13-28(27(20-25)30(38)34-5)43-26-14-17-35(18-15-26)31(39)44-32(2,3)4/h7-13,19-20,26H,6,14-18,22H2,1-5H3,(H,34,38). The quantitative estimate of drug-likeness (QED) is 0.357. The smallest absolute Gasteiger partial charge is 0.410 e. The largest absolute Gasteiger partial charge is 0.489 e. The van der Waals surface area contributed by atoms with Crippen LogP contribution in [0.1, 0.15) is 62.0 Å². The summed E-state index contributed by atoms with van der Waals surface area (Å²) in [6.45, 7) is 7.67. The molecule has 1 fully saturated rings. The molecule has 2 aromatic rings. The molecule has 0 aliphatic carbocycles. The zero-order valence-corrected chi connectivity index (χ0v) is 27.1. The third kappa shape index (κ3) is 10.2. The third-order valence-corrected chi connectivity index (χ3v) is 8.28. The first-order chi connectivity index (χ1) is 21.3. The molecule has 0 aromatic heterocycles. The van der Waals surface area contributed by atoms with E-state index in [0.29, 0.717) is 37.1 Å². The Kier molecular flexibility index (Phi) is 12.0. The Morgan fingerprint density at radius 1 is 1.13 bits per heavy atom. The van der Waals surface area contributed by atoms with Gasteiger partial charge in [0.05, 0.1) is 36.0 Å². The first-order valence-electron chi connectivity index (χ1n) is 14.6. The molecule has 0 saturated carbocycles. The van der Waals surface area contributed by atoms with Crippen LogP contribution in [0.2, 0.25) is 0 Å². The van der Waals surface area contributed by atoms with Crippen molar-refractivity contribution in [3.05, 3.63) is 65.2 Å². The normalized spacial score (nSPS) is 14.0. The number of nitrogens with zero attached hydrogens (tertiary/aromatic N) is 3. The summed E-state index contributed by atoms with van der Waals surface area (Å²) in [6, 6.07) is 13.3. The fourth-order valence-electron chi connectivity index (χ4n) is 4.56. The average molecular weight is 641 g/mol. The van der Waals surface area contributed by atoms with Crippen molar-refractivity contribution in [3.63, 3.8) is 0 Å². The SMILES string of the molecule is CCOC(=O)CS(=O)(=O)N(CC=Cc1cccc(C#N)c1)c1ccc(OC2CCN(C(=O)OC(C)(C)C)CC2)c(C(=O)NC)c1. The molecule has 3 rings (SSSR count). The topological polar surface area (TPSA) is 155 Å². The molecule has 0 unspecified atom stereocenters. The number of esters is 1. The van der Waals surface area contributed by atoms with Crippen molar-refractivity contribution in [2.45, 2.75) is 52.2 Å². The van der Waals surface area contributed by atoms with Crippen LogP contribution in [0.5, 0.6) is 5.75 Å². The number of sulfonamides is 1. The van der Waals surface area contributed by atoms with Crippen molar-refractivity contribution >= 4 is 39.8 Å². The highest BCUT2D eigenvalue weighted by Crippen LogP contribution is 2.30. The van der Waals surface area contributed by atoms with Gasteiger partial charge in [-0.3, -0.25) is 13.9 Å². The van der Waals surface area contributed by atoms with Crippen molar-refractivity contribution in [1.29, 1.82) is 5.26 Å². The second kappa shape index (κ2) is 15.4. The minimum Gasteiger partial charge on any atom is -0.489 e. The molecule has 0 atom stereocenters. The van der Waals surface area contributed by atoms with E-state index in [4.69, 9.17) is 14.2 Å². The van der Waals surface area contributed by atoms with E-state index < -0.39 is 39.3 Å². The molecule has 1 N–H and O–H groups in total. The van der Waals surface area contributed by atoms with E-state index in [-0.39, 0.29) is 36.3 Å². The lowest BCUT2D eigenvalue weighted by Gasteiger charge is -2.33. The molecule has 45 heavy (non-hydrogen) atoms. The number of hydrogen-bond donors (Lipinski definition) is 1. The second-order valence-electron chi connectivity index (χ2n) is 11.3. The molecule has 1 saturated heterocycles. The summed E-state index contributed by atoms with van der Waals surface area (Å²) >= 11 is 0. The summed E-state index contributed by atoms with van der Waals surface area (Å²) in [4.78, 5) is 39.2. The minimum absolute atomic E-state index is 0.0209. The first-order valence-corrected chi connectivity index (χ1v) is 16.2. The van der Waals surface area contributed by atoms with Crippen LogP contribution in [0.3, 0.4) is 0 Å². The molecule has 13 heteroatoms. The lowest BCUT2D eigenvalue weighted by Crippen LogP contribution is -2.44. The van der Waals surface area contributed by atoms with Crippen LogP contribution in [0.15, 0.2) is 48.5 Å². The molecule has 0 bridgehead atoms. The molecular weight excluding hydrogens is 600 g/mol. The van der Waals surface area contributed by atoms with Gasteiger partial charge in [-0.1, -0.05) is 24.3 Å². The van der Waals surface area contributed by atoms with E-state index in [1.165, 1.54) is 25.2 Å². The zero-order chi connectivity index (χ0) is 33.2. The van der Waals surface area contributed by atoms with Crippen LogP contribution in [-0.4, -0.2) is 82.0 Å². The molecule has 1 aliphatic heterocycles. The molecule has 2 aromatic carbocycles. The summed E-state index contributed by atoms with van der Waals surface area (Å²) in [7, 11) is -2.80. The highest BCUT2D eigenvalue weighted by Gasteiger charge is 2.30. The number of anilines is 1. The van der Waals surface area contributed by atoms with Crippen LogP contribution in [0, 0.1) is 11.3 Å². The van der Waals surface area contributed by atoms with Crippen LogP contribution < -0.4 is 14.4 Å². The predicted molar refractivity (Wildman–Crippen MR) is 169 cm³/mol. The summed E-state index contributed by atoms with van der Waals surface area (Å²) in [6.07, 6.45) is 3.56. The van der Waals surface area contributed by atoms with Crippen LogP contribution in [-0.2, 0) is 24.3 Å². The maximum Gasteiger partial charge on any atom is 0.410 e. The number of amides is 2. The van der Waals surface area contributed by atoms with Gasteiger partial charge in [-0.25, -0.2) is 13.2 Å². The maximum absolute atomic E-state index is 13.5. The first kappa shape index (κ1) is 34.9. The van der Waals surface area contributed by atoms with Crippen molar-refractivity contribution in [2.24, 2.45) is 0 Å². The molecule has 2 amide bonds. The lowest BCUT2D eigenvalue weighted by atomic mass is 10.1. The number of benzene rings is 2. The Bertz CT molecular complexity index is 1550. The van der Waals surface area contributed by atoms with Gasteiger partial charge in [0.15, 0.2) is 5.75 Å². The van der Waals surface area contributed by atoms with E-state index in [0.717, 1.165) is 4.31 Å². The Labute approximate surface area is 264 Å². The summed E-state index contributed by atoms with van der Waals surface area (Å²) in [5.41, 5.74) is 0.770. The van der Waals surface area contributed by atoms with Crippen molar-refractivity contribution < 1.29 is 37.0 Å². The Balaban J connectivity index is 1.88. The number of nitriles is 1. The maximum atomic E-state index is 13.5.